The second-order valence-electron chi connectivity index (χ2n) is 5.66. The molecular formula is C19H20FNO3S. The Labute approximate surface area is 150 Å². The van der Waals surface area contributed by atoms with Gasteiger partial charge >= 0.3 is 0 Å². The zero-order valence-electron chi connectivity index (χ0n) is 14.1. The highest BCUT2D eigenvalue weighted by Crippen LogP contribution is 2.16. The standard InChI is InChI=1S/C19H20FNO3S/c1-13(2)24-17-9-3-14(4-10-17)18(22)11-25-12-19(23)21-16-7-5-15(20)6-8-16/h3-10,13H,11-12H2,1-2H3,(H,21,23). The van der Waals surface area contributed by atoms with Crippen LogP contribution in [-0.2, 0) is 4.79 Å². The Bertz CT molecular complexity index is 714. The molecule has 0 saturated carbocycles. The van der Waals surface area contributed by atoms with E-state index in [1.165, 1.54) is 36.0 Å². The number of hydrogen-bond acceptors (Lipinski definition) is 4. The molecule has 2 aromatic carbocycles. The number of anilines is 1. The van der Waals surface area contributed by atoms with Crippen molar-refractivity contribution in [3.8, 4) is 5.75 Å². The SMILES string of the molecule is CC(C)Oc1ccc(C(=O)CSCC(=O)Nc2ccc(F)cc2)cc1. The smallest absolute Gasteiger partial charge is 0.234 e. The third-order valence-electron chi connectivity index (χ3n) is 3.14. The summed E-state index contributed by atoms with van der Waals surface area (Å²) in [5.74, 6) is 0.445. The number of amides is 1. The zero-order valence-corrected chi connectivity index (χ0v) is 14.9. The number of Topliss-reactive ketones (excluding diaryl/α,β-unsaturated/α-hetero) is 1. The molecule has 4 nitrogen and oxygen atoms in total. The fourth-order valence-corrected chi connectivity index (χ4v) is 2.75. The highest BCUT2D eigenvalue weighted by atomic mass is 32.2. The predicted molar refractivity (Wildman–Crippen MR) is 98.9 cm³/mol. The molecule has 0 unspecified atom stereocenters. The van der Waals surface area contributed by atoms with Crippen LogP contribution < -0.4 is 10.1 Å². The molecule has 0 aliphatic rings. The van der Waals surface area contributed by atoms with E-state index in [-0.39, 0.29) is 35.1 Å². The summed E-state index contributed by atoms with van der Waals surface area (Å²) in [6, 6.07) is 12.5. The molecule has 0 aromatic heterocycles. The van der Waals surface area contributed by atoms with Gasteiger partial charge in [-0.15, -0.1) is 11.8 Å². The molecule has 0 aliphatic carbocycles. The number of rotatable bonds is 8. The molecule has 2 rings (SSSR count). The third kappa shape index (κ3) is 6.58. The molecule has 25 heavy (non-hydrogen) atoms. The molecule has 0 aliphatic heterocycles. The molecule has 0 radical (unpaired) electrons. The van der Waals surface area contributed by atoms with Crippen molar-refractivity contribution in [3.63, 3.8) is 0 Å². The van der Waals surface area contributed by atoms with Crippen LogP contribution in [0.5, 0.6) is 5.75 Å². The maximum absolute atomic E-state index is 12.8. The van der Waals surface area contributed by atoms with Crippen molar-refractivity contribution in [1.29, 1.82) is 0 Å². The van der Waals surface area contributed by atoms with Crippen molar-refractivity contribution in [2.45, 2.75) is 20.0 Å². The van der Waals surface area contributed by atoms with Crippen LogP contribution >= 0.6 is 11.8 Å². The van der Waals surface area contributed by atoms with Gasteiger partial charge in [-0.25, -0.2) is 4.39 Å². The summed E-state index contributed by atoms with van der Waals surface area (Å²) in [6.45, 7) is 3.87. The van der Waals surface area contributed by atoms with E-state index in [1.54, 1.807) is 24.3 Å². The molecular weight excluding hydrogens is 341 g/mol. The van der Waals surface area contributed by atoms with Crippen molar-refractivity contribution in [3.05, 3.63) is 59.9 Å². The number of ketones is 1. The molecule has 0 bridgehead atoms. The van der Waals surface area contributed by atoms with Crippen molar-refractivity contribution >= 4 is 29.1 Å². The van der Waals surface area contributed by atoms with Crippen molar-refractivity contribution < 1.29 is 18.7 Å². The minimum Gasteiger partial charge on any atom is -0.491 e. The molecule has 0 saturated heterocycles. The number of thioether (sulfide) groups is 1. The number of benzene rings is 2. The van der Waals surface area contributed by atoms with Crippen LogP contribution in [0.1, 0.15) is 24.2 Å². The Morgan fingerprint density at radius 3 is 2.28 bits per heavy atom. The zero-order chi connectivity index (χ0) is 18.2. The van der Waals surface area contributed by atoms with Crippen LogP contribution in [0, 0.1) is 5.82 Å². The Morgan fingerprint density at radius 2 is 1.68 bits per heavy atom. The molecule has 2 aromatic rings. The first-order valence-corrected chi connectivity index (χ1v) is 9.02. The highest BCUT2D eigenvalue weighted by molar-refractivity contribution is 8.00. The lowest BCUT2D eigenvalue weighted by Crippen LogP contribution is -2.15. The molecule has 0 atom stereocenters. The Morgan fingerprint density at radius 1 is 1.04 bits per heavy atom. The van der Waals surface area contributed by atoms with Gasteiger partial charge in [-0.2, -0.15) is 0 Å². The van der Waals surface area contributed by atoms with Crippen molar-refractivity contribution in [2.75, 3.05) is 16.8 Å². The predicted octanol–water partition coefficient (Wildman–Crippen LogP) is 4.17. The van der Waals surface area contributed by atoms with E-state index in [2.05, 4.69) is 5.32 Å². The van der Waals surface area contributed by atoms with Gasteiger partial charge in [0.1, 0.15) is 11.6 Å². The second kappa shape index (κ2) is 9.22. The average molecular weight is 361 g/mol. The number of carbonyl (C=O) groups is 2. The van der Waals surface area contributed by atoms with Gasteiger partial charge < -0.3 is 10.1 Å². The topological polar surface area (TPSA) is 55.4 Å². The lowest BCUT2D eigenvalue weighted by atomic mass is 10.1. The van der Waals surface area contributed by atoms with E-state index in [0.29, 0.717) is 11.3 Å². The molecule has 1 N–H and O–H groups in total. The van der Waals surface area contributed by atoms with Crippen molar-refractivity contribution in [1.82, 2.24) is 0 Å². The summed E-state index contributed by atoms with van der Waals surface area (Å²) in [7, 11) is 0. The summed E-state index contributed by atoms with van der Waals surface area (Å²) in [5.41, 5.74) is 1.11. The number of carbonyl (C=O) groups excluding carboxylic acids is 2. The Hall–Kier alpha value is -2.34. The Kier molecular flexibility index (Phi) is 7.01. The van der Waals surface area contributed by atoms with E-state index in [4.69, 9.17) is 4.74 Å². The quantitative estimate of drug-likeness (QED) is 0.717. The minimum atomic E-state index is -0.359. The highest BCUT2D eigenvalue weighted by Gasteiger charge is 2.09. The summed E-state index contributed by atoms with van der Waals surface area (Å²) < 4.78 is 18.3. The van der Waals surface area contributed by atoms with E-state index in [9.17, 15) is 14.0 Å². The van der Waals surface area contributed by atoms with Gasteiger partial charge in [-0.05, 0) is 62.4 Å². The number of nitrogens with one attached hydrogen (secondary N) is 1. The maximum Gasteiger partial charge on any atom is 0.234 e. The number of halogens is 1. The van der Waals surface area contributed by atoms with Crippen LogP contribution in [0.2, 0.25) is 0 Å². The van der Waals surface area contributed by atoms with Crippen molar-refractivity contribution in [2.24, 2.45) is 0 Å². The first-order valence-electron chi connectivity index (χ1n) is 7.87. The molecule has 132 valence electrons. The molecule has 0 fully saturated rings. The van der Waals surface area contributed by atoms with Crippen LogP contribution in [0.4, 0.5) is 10.1 Å². The third-order valence-corrected chi connectivity index (χ3v) is 4.07. The monoisotopic (exact) mass is 361 g/mol. The molecule has 0 spiro atoms. The number of ether oxygens (including phenoxy) is 1. The van der Waals surface area contributed by atoms with Crippen LogP contribution in [-0.4, -0.2) is 29.3 Å². The Balaban J connectivity index is 1.75. The van der Waals surface area contributed by atoms with Gasteiger partial charge in [0.2, 0.25) is 5.91 Å². The minimum absolute atomic E-state index is 0.0457. The first kappa shape index (κ1) is 19.0. The van der Waals surface area contributed by atoms with Gasteiger partial charge in [0.05, 0.1) is 17.6 Å². The van der Waals surface area contributed by atoms with E-state index in [0.717, 1.165) is 5.75 Å². The van der Waals surface area contributed by atoms with Gasteiger partial charge in [-0.3, -0.25) is 9.59 Å². The summed E-state index contributed by atoms with van der Waals surface area (Å²) in [6.07, 6.45) is 0.0803. The largest absolute Gasteiger partial charge is 0.491 e. The maximum atomic E-state index is 12.8. The van der Waals surface area contributed by atoms with E-state index >= 15 is 0 Å². The van der Waals surface area contributed by atoms with Crippen LogP contribution in [0.15, 0.2) is 48.5 Å². The molecule has 0 heterocycles. The fourth-order valence-electron chi connectivity index (χ4n) is 2.04. The molecule has 6 heteroatoms. The lowest BCUT2D eigenvalue weighted by molar-refractivity contribution is -0.113. The molecule has 1 amide bonds. The number of hydrogen-bond donors (Lipinski definition) is 1. The lowest BCUT2D eigenvalue weighted by Gasteiger charge is -2.09. The van der Waals surface area contributed by atoms with Crippen LogP contribution in [0.25, 0.3) is 0 Å². The van der Waals surface area contributed by atoms with Crippen LogP contribution in [0.3, 0.4) is 0 Å². The van der Waals surface area contributed by atoms with Gasteiger partial charge in [0, 0.05) is 11.3 Å². The fraction of sp³-hybridized carbons (Fsp3) is 0.263. The summed E-state index contributed by atoms with van der Waals surface area (Å²) >= 11 is 1.23. The van der Waals surface area contributed by atoms with Gasteiger partial charge in [0.15, 0.2) is 5.78 Å². The van der Waals surface area contributed by atoms with E-state index in [1.807, 2.05) is 13.8 Å². The second-order valence-corrected chi connectivity index (χ2v) is 6.65. The van der Waals surface area contributed by atoms with E-state index < -0.39 is 0 Å². The average Bonchev–Trinajstić information content (AvgIpc) is 2.57. The normalized spacial score (nSPS) is 10.6. The van der Waals surface area contributed by atoms with Gasteiger partial charge in [0.25, 0.3) is 0 Å². The first-order chi connectivity index (χ1) is 11.9. The summed E-state index contributed by atoms with van der Waals surface area (Å²) in [4.78, 5) is 23.9. The van der Waals surface area contributed by atoms with Gasteiger partial charge in [-0.1, -0.05) is 0 Å². The summed E-state index contributed by atoms with van der Waals surface area (Å²) in [5, 5.41) is 2.65.